The molecule has 1 saturated heterocycles. The lowest BCUT2D eigenvalue weighted by Gasteiger charge is -2.32. The summed E-state index contributed by atoms with van der Waals surface area (Å²) in [5, 5.41) is 0. The highest BCUT2D eigenvalue weighted by Crippen LogP contribution is 2.36. The summed E-state index contributed by atoms with van der Waals surface area (Å²) in [5.74, 6) is -0.296. The van der Waals surface area contributed by atoms with Crippen LogP contribution in [0.2, 0.25) is 0 Å². The van der Waals surface area contributed by atoms with Crippen molar-refractivity contribution in [2.24, 2.45) is 0 Å². The van der Waals surface area contributed by atoms with Gasteiger partial charge in [0, 0.05) is 0 Å². The van der Waals surface area contributed by atoms with E-state index in [1.165, 1.54) is 0 Å². The fraction of sp³-hybridized carbons (Fsp3) is 0.562. The van der Waals surface area contributed by atoms with Crippen LogP contribution in [-0.4, -0.2) is 30.9 Å². The first-order valence-corrected chi connectivity index (χ1v) is 7.31. The van der Waals surface area contributed by atoms with Crippen LogP contribution < -0.4 is 5.46 Å². The summed E-state index contributed by atoms with van der Waals surface area (Å²) < 4.78 is 17.1. The quantitative estimate of drug-likeness (QED) is 0.633. The first-order chi connectivity index (χ1) is 9.68. The van der Waals surface area contributed by atoms with Gasteiger partial charge >= 0.3 is 13.1 Å². The first-order valence-electron chi connectivity index (χ1n) is 7.31. The van der Waals surface area contributed by atoms with Crippen LogP contribution in [0.5, 0.6) is 0 Å². The van der Waals surface area contributed by atoms with Gasteiger partial charge in [-0.25, -0.2) is 4.79 Å². The highest BCUT2D eigenvalue weighted by atomic mass is 16.7. The van der Waals surface area contributed by atoms with Gasteiger partial charge in [-0.05, 0) is 58.6 Å². The Hall–Kier alpha value is -1.33. The SMILES string of the molecule is CCOC(=O)c1ccc(B2OC(C)(C)C(C)(C)O2)cc1C. The maximum Gasteiger partial charge on any atom is 0.494 e. The topological polar surface area (TPSA) is 44.8 Å². The second kappa shape index (κ2) is 5.46. The second-order valence-corrected chi connectivity index (χ2v) is 6.38. The van der Waals surface area contributed by atoms with Gasteiger partial charge in [0.15, 0.2) is 0 Å². The molecule has 0 saturated carbocycles. The van der Waals surface area contributed by atoms with Crippen molar-refractivity contribution in [1.29, 1.82) is 0 Å². The molecule has 1 heterocycles. The van der Waals surface area contributed by atoms with E-state index in [9.17, 15) is 4.79 Å². The van der Waals surface area contributed by atoms with Crippen molar-refractivity contribution in [3.05, 3.63) is 29.3 Å². The molecule has 114 valence electrons. The lowest BCUT2D eigenvalue weighted by molar-refractivity contribution is 0.00578. The standard InChI is InChI=1S/C16H23BO4/c1-7-19-14(18)13-9-8-12(10-11(13)2)17-20-15(3,4)16(5,6)21-17/h8-10H,7H2,1-6H3. The van der Waals surface area contributed by atoms with Gasteiger partial charge in [-0.1, -0.05) is 12.1 Å². The molecule has 21 heavy (non-hydrogen) atoms. The molecule has 1 aliphatic heterocycles. The Morgan fingerprint density at radius 2 is 1.76 bits per heavy atom. The summed E-state index contributed by atoms with van der Waals surface area (Å²) in [5.41, 5.74) is 1.62. The van der Waals surface area contributed by atoms with E-state index >= 15 is 0 Å². The highest BCUT2D eigenvalue weighted by molar-refractivity contribution is 6.62. The molecule has 0 spiro atoms. The molecular weight excluding hydrogens is 267 g/mol. The Bertz CT molecular complexity index is 535. The largest absolute Gasteiger partial charge is 0.494 e. The van der Waals surface area contributed by atoms with E-state index < -0.39 is 7.12 Å². The number of ether oxygens (including phenoxy) is 1. The van der Waals surface area contributed by atoms with Gasteiger partial charge in [-0.3, -0.25) is 0 Å². The Morgan fingerprint density at radius 3 is 2.24 bits per heavy atom. The third-order valence-corrected chi connectivity index (χ3v) is 4.27. The zero-order valence-electron chi connectivity index (χ0n) is 13.6. The summed E-state index contributed by atoms with van der Waals surface area (Å²) in [6.07, 6.45) is 0. The zero-order chi connectivity index (χ0) is 15.8. The number of carbonyl (C=O) groups is 1. The van der Waals surface area contributed by atoms with Gasteiger partial charge in [0.1, 0.15) is 0 Å². The molecule has 0 N–H and O–H groups in total. The average Bonchev–Trinajstić information content (AvgIpc) is 2.58. The lowest BCUT2D eigenvalue weighted by atomic mass is 9.78. The molecule has 4 nitrogen and oxygen atoms in total. The minimum absolute atomic E-state index is 0.296. The molecule has 0 amide bonds. The molecule has 1 aliphatic rings. The van der Waals surface area contributed by atoms with Gasteiger partial charge in [0.05, 0.1) is 23.4 Å². The Balaban J connectivity index is 2.24. The molecule has 1 fully saturated rings. The van der Waals surface area contributed by atoms with E-state index in [1.807, 2.05) is 46.8 Å². The molecule has 0 aliphatic carbocycles. The van der Waals surface area contributed by atoms with Crippen LogP contribution >= 0.6 is 0 Å². The van der Waals surface area contributed by atoms with Crippen LogP contribution in [-0.2, 0) is 14.0 Å². The molecule has 2 rings (SSSR count). The fourth-order valence-electron chi connectivity index (χ4n) is 2.25. The van der Waals surface area contributed by atoms with E-state index in [1.54, 1.807) is 13.0 Å². The molecule has 0 atom stereocenters. The third-order valence-electron chi connectivity index (χ3n) is 4.27. The minimum atomic E-state index is -0.412. The molecule has 5 heteroatoms. The third kappa shape index (κ3) is 2.99. The number of esters is 1. The summed E-state index contributed by atoms with van der Waals surface area (Å²) in [6.45, 7) is 12.1. The van der Waals surface area contributed by atoms with Gasteiger partial charge in [0.25, 0.3) is 0 Å². The maximum absolute atomic E-state index is 11.8. The van der Waals surface area contributed by atoms with Gasteiger partial charge in [0.2, 0.25) is 0 Å². The number of hydrogen-bond donors (Lipinski definition) is 0. The molecule has 1 aromatic rings. The predicted molar refractivity (Wildman–Crippen MR) is 82.9 cm³/mol. The van der Waals surface area contributed by atoms with Crippen LogP contribution in [0.1, 0.15) is 50.5 Å². The second-order valence-electron chi connectivity index (χ2n) is 6.38. The predicted octanol–water partition coefficient (Wildman–Crippen LogP) is 2.47. The average molecular weight is 290 g/mol. The van der Waals surface area contributed by atoms with Crippen molar-refractivity contribution < 1.29 is 18.8 Å². The molecular formula is C16H23BO4. The first kappa shape index (κ1) is 16.1. The molecule has 0 unspecified atom stereocenters. The summed E-state index contributed by atoms with van der Waals surface area (Å²) >= 11 is 0. The van der Waals surface area contributed by atoms with E-state index in [0.717, 1.165) is 11.0 Å². The summed E-state index contributed by atoms with van der Waals surface area (Å²) in [7, 11) is -0.412. The van der Waals surface area contributed by atoms with Crippen molar-refractivity contribution >= 4 is 18.6 Å². The maximum atomic E-state index is 11.8. The highest BCUT2D eigenvalue weighted by Gasteiger charge is 2.51. The summed E-state index contributed by atoms with van der Waals surface area (Å²) in [4.78, 5) is 11.8. The van der Waals surface area contributed by atoms with Crippen LogP contribution in [0.3, 0.4) is 0 Å². The number of benzene rings is 1. The van der Waals surface area contributed by atoms with Crippen LogP contribution in [0.15, 0.2) is 18.2 Å². The van der Waals surface area contributed by atoms with Crippen molar-refractivity contribution in [2.45, 2.75) is 52.7 Å². The van der Waals surface area contributed by atoms with Crippen molar-refractivity contribution in [2.75, 3.05) is 6.61 Å². The van der Waals surface area contributed by atoms with Crippen LogP contribution in [0, 0.1) is 6.92 Å². The smallest absolute Gasteiger partial charge is 0.462 e. The molecule has 0 aromatic heterocycles. The van der Waals surface area contributed by atoms with E-state index in [2.05, 4.69) is 0 Å². The molecule has 0 bridgehead atoms. The van der Waals surface area contributed by atoms with Crippen molar-refractivity contribution in [3.8, 4) is 0 Å². The Kier molecular flexibility index (Phi) is 4.18. The van der Waals surface area contributed by atoms with Gasteiger partial charge in [-0.15, -0.1) is 0 Å². The molecule has 1 aromatic carbocycles. The van der Waals surface area contributed by atoms with Gasteiger partial charge in [-0.2, -0.15) is 0 Å². The van der Waals surface area contributed by atoms with Crippen LogP contribution in [0.4, 0.5) is 0 Å². The normalized spacial score (nSPS) is 19.6. The number of aryl methyl sites for hydroxylation is 1. The van der Waals surface area contributed by atoms with Crippen molar-refractivity contribution in [1.82, 2.24) is 0 Å². The number of hydrogen-bond acceptors (Lipinski definition) is 4. The monoisotopic (exact) mass is 290 g/mol. The van der Waals surface area contributed by atoms with E-state index in [0.29, 0.717) is 12.2 Å². The Morgan fingerprint density at radius 1 is 1.19 bits per heavy atom. The fourth-order valence-corrected chi connectivity index (χ4v) is 2.25. The number of carbonyl (C=O) groups excluding carboxylic acids is 1. The lowest BCUT2D eigenvalue weighted by Crippen LogP contribution is -2.41. The Labute approximate surface area is 126 Å². The van der Waals surface area contributed by atoms with E-state index in [4.69, 9.17) is 14.0 Å². The van der Waals surface area contributed by atoms with E-state index in [-0.39, 0.29) is 17.2 Å². The van der Waals surface area contributed by atoms with Crippen LogP contribution in [0.25, 0.3) is 0 Å². The van der Waals surface area contributed by atoms with Gasteiger partial charge < -0.3 is 14.0 Å². The minimum Gasteiger partial charge on any atom is -0.462 e. The number of rotatable bonds is 3. The van der Waals surface area contributed by atoms with Crippen molar-refractivity contribution in [3.63, 3.8) is 0 Å². The zero-order valence-corrected chi connectivity index (χ0v) is 13.6. The molecule has 0 radical (unpaired) electrons. The summed E-state index contributed by atoms with van der Waals surface area (Å²) in [6, 6.07) is 5.56.